The van der Waals surface area contributed by atoms with Gasteiger partial charge in [0.15, 0.2) is 0 Å². The fourth-order valence-corrected chi connectivity index (χ4v) is 7.02. The van der Waals surface area contributed by atoms with Crippen LogP contribution in [-0.2, 0) is 23.0 Å². The Balaban J connectivity index is 1.29. The van der Waals surface area contributed by atoms with E-state index < -0.39 is 10.0 Å². The third-order valence-electron chi connectivity index (χ3n) is 6.35. The smallest absolute Gasteiger partial charge is 0.215 e. The van der Waals surface area contributed by atoms with Gasteiger partial charge in [-0.3, -0.25) is 0 Å². The second kappa shape index (κ2) is 10.4. The molecule has 168 valence electrons. The Kier molecular flexibility index (Phi) is 7.59. The summed E-state index contributed by atoms with van der Waals surface area (Å²) in [4.78, 5) is 3.47. The Labute approximate surface area is 190 Å². The molecule has 0 N–H and O–H groups in total. The second-order valence-electron chi connectivity index (χ2n) is 8.45. The van der Waals surface area contributed by atoms with E-state index in [9.17, 15) is 8.42 Å². The fraction of sp³-hybridized carbons (Fsp3) is 0.500. The normalized spacial score (nSPS) is 19.0. The van der Waals surface area contributed by atoms with Gasteiger partial charge in [-0.25, -0.2) is 8.42 Å². The average Bonchev–Trinajstić information content (AvgIpc) is 3.02. The van der Waals surface area contributed by atoms with Crippen molar-refractivity contribution in [3.63, 3.8) is 0 Å². The first-order valence-electron chi connectivity index (χ1n) is 11.1. The maximum atomic E-state index is 13.1. The van der Waals surface area contributed by atoms with Gasteiger partial charge in [-0.2, -0.15) is 4.31 Å². The average molecular weight is 461 g/mol. The third-order valence-corrected chi connectivity index (χ3v) is 9.24. The minimum atomic E-state index is -3.29. The number of sulfonamides is 1. The zero-order chi connectivity index (χ0) is 21.7. The lowest BCUT2D eigenvalue weighted by molar-refractivity contribution is 0.192. The van der Waals surface area contributed by atoms with Crippen molar-refractivity contribution in [2.45, 2.75) is 30.7 Å². The zero-order valence-electron chi connectivity index (χ0n) is 18.2. The van der Waals surface area contributed by atoms with Crippen molar-refractivity contribution < 1.29 is 13.2 Å². The van der Waals surface area contributed by atoms with Gasteiger partial charge < -0.3 is 9.64 Å². The molecule has 0 radical (unpaired) electrons. The number of methoxy groups -OCH3 is 1. The van der Waals surface area contributed by atoms with Crippen LogP contribution in [0.25, 0.3) is 0 Å². The third kappa shape index (κ3) is 6.04. The molecule has 0 amide bonds. The van der Waals surface area contributed by atoms with E-state index in [0.717, 1.165) is 54.3 Å². The van der Waals surface area contributed by atoms with E-state index in [1.807, 2.05) is 18.2 Å². The Morgan fingerprint density at radius 2 is 1.84 bits per heavy atom. The number of fused-ring (bicyclic) bond motifs is 1. The van der Waals surface area contributed by atoms with E-state index in [1.54, 1.807) is 23.2 Å². The van der Waals surface area contributed by atoms with Crippen molar-refractivity contribution in [2.75, 3.05) is 44.8 Å². The Morgan fingerprint density at radius 3 is 2.58 bits per heavy atom. The van der Waals surface area contributed by atoms with Crippen LogP contribution >= 0.6 is 11.8 Å². The maximum absolute atomic E-state index is 13.1. The van der Waals surface area contributed by atoms with Gasteiger partial charge in [0.05, 0.1) is 12.9 Å². The number of ether oxygens (including phenoxy) is 1. The lowest BCUT2D eigenvalue weighted by Gasteiger charge is -2.32. The molecule has 2 aliphatic rings. The van der Waals surface area contributed by atoms with Crippen LogP contribution < -0.4 is 4.74 Å². The number of hydrogen-bond donors (Lipinski definition) is 0. The predicted molar refractivity (Wildman–Crippen MR) is 127 cm³/mol. The van der Waals surface area contributed by atoms with E-state index in [-0.39, 0.29) is 5.75 Å². The first kappa shape index (κ1) is 22.6. The molecule has 1 saturated heterocycles. The molecule has 2 aliphatic heterocycles. The monoisotopic (exact) mass is 460 g/mol. The van der Waals surface area contributed by atoms with Crippen LogP contribution in [0.15, 0.2) is 53.4 Å². The number of benzene rings is 2. The first-order valence-corrected chi connectivity index (χ1v) is 13.7. The number of likely N-dealkylation sites (tertiary alicyclic amines) is 1. The summed E-state index contributed by atoms with van der Waals surface area (Å²) in [5.74, 6) is 2.45. The summed E-state index contributed by atoms with van der Waals surface area (Å²) in [6, 6.07) is 16.6. The Hall–Kier alpha value is -1.54. The highest BCUT2D eigenvalue weighted by molar-refractivity contribution is 7.99. The molecule has 0 aliphatic carbocycles. The molecule has 0 unspecified atom stereocenters. The van der Waals surface area contributed by atoms with Crippen molar-refractivity contribution in [1.29, 1.82) is 0 Å². The number of hydrogen-bond acceptors (Lipinski definition) is 5. The molecular formula is C24H32N2O3S2. The highest BCUT2D eigenvalue weighted by Crippen LogP contribution is 2.31. The van der Waals surface area contributed by atoms with E-state index in [0.29, 0.717) is 25.6 Å². The van der Waals surface area contributed by atoms with Gasteiger partial charge in [-0.05, 0) is 67.6 Å². The van der Waals surface area contributed by atoms with Crippen molar-refractivity contribution in [1.82, 2.24) is 9.21 Å². The number of nitrogens with zero attached hydrogens (tertiary/aromatic N) is 2. The summed E-state index contributed by atoms with van der Waals surface area (Å²) in [5.41, 5.74) is 2.44. The van der Waals surface area contributed by atoms with Crippen LogP contribution in [0.3, 0.4) is 0 Å². The van der Waals surface area contributed by atoms with Crippen LogP contribution in [0.2, 0.25) is 0 Å². The first-order chi connectivity index (χ1) is 15.0. The molecule has 5 nitrogen and oxygen atoms in total. The van der Waals surface area contributed by atoms with Crippen LogP contribution in [0.1, 0.15) is 24.0 Å². The molecule has 0 bridgehead atoms. The minimum absolute atomic E-state index is 0.195. The van der Waals surface area contributed by atoms with Crippen LogP contribution in [0.5, 0.6) is 5.75 Å². The van der Waals surface area contributed by atoms with E-state index in [1.165, 1.54) is 5.56 Å². The Bertz CT molecular complexity index is 958. The lowest BCUT2D eigenvalue weighted by Crippen LogP contribution is -2.41. The van der Waals surface area contributed by atoms with Crippen molar-refractivity contribution in [3.05, 3.63) is 59.7 Å². The molecule has 0 aromatic heterocycles. The molecule has 0 saturated carbocycles. The summed E-state index contributed by atoms with van der Waals surface area (Å²) in [7, 11) is -1.65. The highest BCUT2D eigenvalue weighted by Gasteiger charge is 2.27. The lowest BCUT2D eigenvalue weighted by atomic mass is 9.90. The minimum Gasteiger partial charge on any atom is -0.497 e. The van der Waals surface area contributed by atoms with Gasteiger partial charge in [-0.15, -0.1) is 11.8 Å². The second-order valence-corrected chi connectivity index (χ2v) is 11.7. The standard InChI is InChI=1S/C24H32N2O3S2/c1-29-23-7-8-24-22(18-23)19-26(13-15-30-24)31(27,28)16-14-25-11-9-21(10-12-25)17-20-5-3-2-4-6-20/h2-8,18,21H,9-17,19H2,1H3. The fourth-order valence-electron chi connectivity index (χ4n) is 4.45. The van der Waals surface area contributed by atoms with Crippen molar-refractivity contribution >= 4 is 21.8 Å². The zero-order valence-corrected chi connectivity index (χ0v) is 19.8. The molecular weight excluding hydrogens is 428 g/mol. The summed E-state index contributed by atoms with van der Waals surface area (Å²) in [6.45, 7) is 3.59. The molecule has 2 heterocycles. The molecule has 0 spiro atoms. The van der Waals surface area contributed by atoms with E-state index >= 15 is 0 Å². The van der Waals surface area contributed by atoms with Gasteiger partial charge in [-0.1, -0.05) is 30.3 Å². The Morgan fingerprint density at radius 1 is 1.06 bits per heavy atom. The molecule has 4 rings (SSSR count). The predicted octanol–water partition coefficient (Wildman–Crippen LogP) is 3.89. The molecule has 31 heavy (non-hydrogen) atoms. The molecule has 0 atom stereocenters. The molecule has 7 heteroatoms. The van der Waals surface area contributed by atoms with E-state index in [2.05, 4.69) is 35.2 Å². The topological polar surface area (TPSA) is 49.9 Å². The van der Waals surface area contributed by atoms with Crippen LogP contribution in [0.4, 0.5) is 0 Å². The number of piperidine rings is 1. The largest absolute Gasteiger partial charge is 0.497 e. The molecule has 2 aromatic carbocycles. The van der Waals surface area contributed by atoms with Crippen LogP contribution in [-0.4, -0.2) is 62.4 Å². The quantitative estimate of drug-likeness (QED) is 0.628. The molecule has 1 fully saturated rings. The van der Waals surface area contributed by atoms with E-state index in [4.69, 9.17) is 4.74 Å². The van der Waals surface area contributed by atoms with Crippen LogP contribution in [0, 0.1) is 5.92 Å². The summed E-state index contributed by atoms with van der Waals surface area (Å²) >= 11 is 1.72. The summed E-state index contributed by atoms with van der Waals surface area (Å²) in [6.07, 6.45) is 3.41. The number of rotatable bonds is 7. The maximum Gasteiger partial charge on any atom is 0.215 e. The highest BCUT2D eigenvalue weighted by atomic mass is 32.2. The van der Waals surface area contributed by atoms with Gasteiger partial charge in [0.1, 0.15) is 5.75 Å². The van der Waals surface area contributed by atoms with Gasteiger partial charge in [0.25, 0.3) is 0 Å². The van der Waals surface area contributed by atoms with Gasteiger partial charge >= 0.3 is 0 Å². The molecule has 2 aromatic rings. The van der Waals surface area contributed by atoms with Crippen molar-refractivity contribution in [3.8, 4) is 5.75 Å². The summed E-state index contributed by atoms with van der Waals surface area (Å²) < 4.78 is 33.2. The summed E-state index contributed by atoms with van der Waals surface area (Å²) in [5, 5.41) is 0. The van der Waals surface area contributed by atoms with Crippen molar-refractivity contribution in [2.24, 2.45) is 5.92 Å². The number of thioether (sulfide) groups is 1. The van der Waals surface area contributed by atoms with Gasteiger partial charge in [0.2, 0.25) is 10.0 Å². The van der Waals surface area contributed by atoms with Gasteiger partial charge in [0, 0.05) is 30.3 Å². The SMILES string of the molecule is COc1ccc2c(c1)CN(S(=O)(=O)CCN1CCC(Cc3ccccc3)CC1)CCS2.